The highest BCUT2D eigenvalue weighted by atomic mass is 35.5. The zero-order valence-electron chi connectivity index (χ0n) is 5.14. The standard InChI is InChI=1S/C5H10N2.ClH/c1-3-5(2,7)4-6;/h3,7H2,1-2H3;1H/t5-;/m1./s1. The van der Waals surface area contributed by atoms with Crippen LogP contribution in [0.4, 0.5) is 0 Å². The van der Waals surface area contributed by atoms with Crippen molar-refractivity contribution < 1.29 is 0 Å². The Balaban J connectivity index is 0. The van der Waals surface area contributed by atoms with Gasteiger partial charge in [0.25, 0.3) is 0 Å². The summed E-state index contributed by atoms with van der Waals surface area (Å²) in [7, 11) is 0. The fourth-order valence-electron chi connectivity index (χ4n) is 0.0791. The molecule has 0 heterocycles. The predicted octanol–water partition coefficient (Wildman–Crippen LogP) is 1.06. The molecule has 0 amide bonds. The molecule has 0 saturated carbocycles. The average molecular weight is 135 g/mol. The van der Waals surface area contributed by atoms with E-state index >= 15 is 0 Å². The Labute approximate surface area is 56.1 Å². The van der Waals surface area contributed by atoms with Gasteiger partial charge >= 0.3 is 0 Å². The number of hydrogen-bond acceptors (Lipinski definition) is 2. The summed E-state index contributed by atoms with van der Waals surface area (Å²) in [6.07, 6.45) is 0.712. The van der Waals surface area contributed by atoms with E-state index in [2.05, 4.69) is 0 Å². The van der Waals surface area contributed by atoms with Gasteiger partial charge in [-0.1, -0.05) is 6.92 Å². The highest BCUT2D eigenvalue weighted by molar-refractivity contribution is 5.85. The zero-order valence-corrected chi connectivity index (χ0v) is 5.96. The van der Waals surface area contributed by atoms with Crippen molar-refractivity contribution in [2.45, 2.75) is 25.8 Å². The molecule has 0 aromatic rings. The third-order valence-corrected chi connectivity index (χ3v) is 0.990. The summed E-state index contributed by atoms with van der Waals surface area (Å²) in [5, 5.41) is 8.22. The van der Waals surface area contributed by atoms with Gasteiger partial charge in [0.15, 0.2) is 0 Å². The smallest absolute Gasteiger partial charge is 0.101 e. The lowest BCUT2D eigenvalue weighted by Crippen LogP contribution is -2.32. The molecule has 0 bridgehead atoms. The van der Waals surface area contributed by atoms with Crippen molar-refractivity contribution in [1.29, 1.82) is 5.26 Å². The zero-order chi connectivity index (χ0) is 5.91. The number of halogens is 1. The first-order chi connectivity index (χ1) is 3.12. The van der Waals surface area contributed by atoms with E-state index in [1.807, 2.05) is 13.0 Å². The van der Waals surface area contributed by atoms with Gasteiger partial charge in [0, 0.05) is 0 Å². The Bertz CT molecular complexity index is 93.1. The number of rotatable bonds is 1. The van der Waals surface area contributed by atoms with E-state index in [0.29, 0.717) is 6.42 Å². The van der Waals surface area contributed by atoms with Crippen LogP contribution in [-0.4, -0.2) is 5.54 Å². The molecule has 1 atom stereocenters. The molecule has 0 fully saturated rings. The van der Waals surface area contributed by atoms with Gasteiger partial charge in [-0.2, -0.15) is 5.26 Å². The molecule has 2 N–H and O–H groups in total. The van der Waals surface area contributed by atoms with Gasteiger partial charge in [-0.15, -0.1) is 12.4 Å². The summed E-state index contributed by atoms with van der Waals surface area (Å²) in [6, 6.07) is 1.97. The van der Waals surface area contributed by atoms with Crippen LogP contribution >= 0.6 is 12.4 Å². The number of nitriles is 1. The van der Waals surface area contributed by atoms with E-state index in [1.54, 1.807) is 6.92 Å². The van der Waals surface area contributed by atoms with Gasteiger partial charge in [0.05, 0.1) is 6.07 Å². The minimum absolute atomic E-state index is 0. The van der Waals surface area contributed by atoms with Crippen LogP contribution in [0.2, 0.25) is 0 Å². The fraction of sp³-hybridized carbons (Fsp3) is 0.800. The van der Waals surface area contributed by atoms with Gasteiger partial charge < -0.3 is 5.73 Å². The molecular formula is C5H11ClN2. The van der Waals surface area contributed by atoms with Crippen LogP contribution in [0.3, 0.4) is 0 Å². The SMILES string of the molecule is CC[C@@](C)(N)C#N.Cl. The Hall–Kier alpha value is -0.260. The highest BCUT2D eigenvalue weighted by Gasteiger charge is 2.11. The molecular weight excluding hydrogens is 124 g/mol. The van der Waals surface area contributed by atoms with Crippen molar-refractivity contribution in [2.24, 2.45) is 5.73 Å². The van der Waals surface area contributed by atoms with E-state index in [4.69, 9.17) is 11.0 Å². The van der Waals surface area contributed by atoms with Crippen molar-refractivity contribution in [3.63, 3.8) is 0 Å². The number of hydrogen-bond donors (Lipinski definition) is 1. The molecule has 0 aromatic heterocycles. The van der Waals surface area contributed by atoms with Crippen molar-refractivity contribution in [2.75, 3.05) is 0 Å². The van der Waals surface area contributed by atoms with Crippen LogP contribution in [0.5, 0.6) is 0 Å². The molecule has 0 aliphatic rings. The number of nitrogens with zero attached hydrogens (tertiary/aromatic N) is 1. The molecule has 48 valence electrons. The van der Waals surface area contributed by atoms with Gasteiger partial charge in [0.1, 0.15) is 5.54 Å². The van der Waals surface area contributed by atoms with Gasteiger partial charge in [-0.3, -0.25) is 0 Å². The largest absolute Gasteiger partial charge is 0.314 e. The lowest BCUT2D eigenvalue weighted by atomic mass is 10.0. The van der Waals surface area contributed by atoms with E-state index in [-0.39, 0.29) is 12.4 Å². The molecule has 0 aliphatic heterocycles. The molecule has 0 saturated heterocycles. The summed E-state index contributed by atoms with van der Waals surface area (Å²) >= 11 is 0. The van der Waals surface area contributed by atoms with Gasteiger partial charge in [-0.05, 0) is 13.3 Å². The molecule has 8 heavy (non-hydrogen) atoms. The van der Waals surface area contributed by atoms with Gasteiger partial charge in [-0.25, -0.2) is 0 Å². The summed E-state index contributed by atoms with van der Waals surface area (Å²) in [5.74, 6) is 0. The van der Waals surface area contributed by atoms with E-state index in [0.717, 1.165) is 0 Å². The van der Waals surface area contributed by atoms with Crippen molar-refractivity contribution in [3.8, 4) is 6.07 Å². The maximum absolute atomic E-state index is 8.22. The van der Waals surface area contributed by atoms with Crippen molar-refractivity contribution in [1.82, 2.24) is 0 Å². The Morgan fingerprint density at radius 3 is 2.12 bits per heavy atom. The summed E-state index contributed by atoms with van der Waals surface area (Å²) in [6.45, 7) is 3.61. The first-order valence-corrected chi connectivity index (χ1v) is 2.32. The van der Waals surface area contributed by atoms with Crippen LogP contribution in [0.1, 0.15) is 20.3 Å². The van der Waals surface area contributed by atoms with E-state index in [9.17, 15) is 0 Å². The third kappa shape index (κ3) is 3.91. The Morgan fingerprint density at radius 1 is 1.75 bits per heavy atom. The quantitative estimate of drug-likeness (QED) is 0.583. The summed E-state index contributed by atoms with van der Waals surface area (Å²) in [5.41, 5.74) is 4.74. The fourth-order valence-corrected chi connectivity index (χ4v) is 0.0791. The lowest BCUT2D eigenvalue weighted by molar-refractivity contribution is 0.578. The second-order valence-electron chi connectivity index (χ2n) is 1.88. The minimum atomic E-state index is -0.611. The first-order valence-electron chi connectivity index (χ1n) is 2.32. The predicted molar refractivity (Wildman–Crippen MR) is 35.7 cm³/mol. The Morgan fingerprint density at radius 2 is 2.12 bits per heavy atom. The summed E-state index contributed by atoms with van der Waals surface area (Å²) < 4.78 is 0. The van der Waals surface area contributed by atoms with Crippen LogP contribution in [0.15, 0.2) is 0 Å². The molecule has 3 heteroatoms. The normalized spacial score (nSPS) is 15.2. The van der Waals surface area contributed by atoms with E-state index in [1.165, 1.54) is 0 Å². The maximum atomic E-state index is 8.22. The topological polar surface area (TPSA) is 49.8 Å². The summed E-state index contributed by atoms with van der Waals surface area (Å²) in [4.78, 5) is 0. The number of nitrogens with two attached hydrogens (primary N) is 1. The highest BCUT2D eigenvalue weighted by Crippen LogP contribution is 1.99. The third-order valence-electron chi connectivity index (χ3n) is 0.990. The Kier molecular flexibility index (Phi) is 4.94. The maximum Gasteiger partial charge on any atom is 0.101 e. The molecule has 0 rings (SSSR count). The molecule has 0 radical (unpaired) electrons. The van der Waals surface area contributed by atoms with Crippen LogP contribution in [0.25, 0.3) is 0 Å². The average Bonchev–Trinajstić information content (AvgIpc) is 1.68. The molecule has 0 aromatic carbocycles. The second-order valence-corrected chi connectivity index (χ2v) is 1.88. The van der Waals surface area contributed by atoms with Gasteiger partial charge in [0.2, 0.25) is 0 Å². The molecule has 2 nitrogen and oxygen atoms in total. The van der Waals surface area contributed by atoms with Crippen molar-refractivity contribution in [3.05, 3.63) is 0 Å². The lowest BCUT2D eigenvalue weighted by Gasteiger charge is -2.09. The van der Waals surface area contributed by atoms with Crippen LogP contribution < -0.4 is 5.73 Å². The second kappa shape index (κ2) is 3.71. The van der Waals surface area contributed by atoms with E-state index < -0.39 is 5.54 Å². The van der Waals surface area contributed by atoms with Crippen LogP contribution in [-0.2, 0) is 0 Å². The monoisotopic (exact) mass is 134 g/mol. The molecule has 0 aliphatic carbocycles. The first kappa shape index (κ1) is 10.7. The van der Waals surface area contributed by atoms with Crippen molar-refractivity contribution >= 4 is 12.4 Å². The minimum Gasteiger partial charge on any atom is -0.314 e. The molecule has 0 unspecified atom stereocenters. The van der Waals surface area contributed by atoms with Crippen LogP contribution in [0, 0.1) is 11.3 Å². The molecule has 0 spiro atoms.